The fourth-order valence-electron chi connectivity index (χ4n) is 3.34. The maximum absolute atomic E-state index is 12.5. The van der Waals surface area contributed by atoms with Crippen LogP contribution in [-0.2, 0) is 21.2 Å². The predicted molar refractivity (Wildman–Crippen MR) is 116 cm³/mol. The second-order valence-electron chi connectivity index (χ2n) is 7.22. The Labute approximate surface area is 177 Å². The Hall–Kier alpha value is -1.93. The second-order valence-corrected chi connectivity index (χ2v) is 9.37. The lowest BCUT2D eigenvalue weighted by Gasteiger charge is -2.31. The Kier molecular flexibility index (Phi) is 7.29. The van der Waals surface area contributed by atoms with Crippen LogP contribution in [0.15, 0.2) is 53.4 Å². The minimum atomic E-state index is -3.57. The smallest absolute Gasteiger partial charge is 0.240 e. The molecule has 2 aromatic rings. The molecule has 1 amide bonds. The minimum absolute atomic E-state index is 0.0607. The lowest BCUT2D eigenvalue weighted by atomic mass is 10.1. The number of carbonyl (C=O) groups excluding carboxylic acids is 1. The fraction of sp³-hybridized carbons (Fsp3) is 0.381. The summed E-state index contributed by atoms with van der Waals surface area (Å²) in [5.41, 5.74) is 2.02. The van der Waals surface area contributed by atoms with Crippen LogP contribution in [-0.4, -0.2) is 44.9 Å². The highest BCUT2D eigenvalue weighted by Crippen LogP contribution is 2.17. The molecular weight excluding hydrogens is 410 g/mol. The van der Waals surface area contributed by atoms with Crippen LogP contribution in [0, 0.1) is 0 Å². The quantitative estimate of drug-likeness (QED) is 0.699. The summed E-state index contributed by atoms with van der Waals surface area (Å²) in [6.07, 6.45) is 2.28. The topological polar surface area (TPSA) is 78.5 Å². The first kappa shape index (κ1) is 21.8. The number of carbonyl (C=O) groups is 1. The molecular formula is C21H26ClN3O3S. The SMILES string of the molecule is CCc1ccc(NC(=O)CN2CCC(NS(=O)(=O)c3ccc(Cl)cc3)CC2)cc1. The van der Waals surface area contributed by atoms with Crippen molar-refractivity contribution in [1.29, 1.82) is 0 Å². The fourth-order valence-corrected chi connectivity index (χ4v) is 4.77. The van der Waals surface area contributed by atoms with Crippen LogP contribution in [0.2, 0.25) is 5.02 Å². The van der Waals surface area contributed by atoms with Crippen molar-refractivity contribution in [2.24, 2.45) is 0 Å². The molecule has 0 spiro atoms. The third kappa shape index (κ3) is 6.27. The van der Waals surface area contributed by atoms with Gasteiger partial charge in [-0.25, -0.2) is 13.1 Å². The molecule has 6 nitrogen and oxygen atoms in total. The summed E-state index contributed by atoms with van der Waals surface area (Å²) < 4.78 is 27.7. The summed E-state index contributed by atoms with van der Waals surface area (Å²) in [5, 5.41) is 3.41. The number of halogens is 1. The Bertz CT molecular complexity index is 923. The highest BCUT2D eigenvalue weighted by Gasteiger charge is 2.25. The van der Waals surface area contributed by atoms with E-state index in [2.05, 4.69) is 17.0 Å². The molecule has 0 aromatic heterocycles. The molecule has 0 aliphatic carbocycles. The van der Waals surface area contributed by atoms with Crippen LogP contribution < -0.4 is 10.0 Å². The van der Waals surface area contributed by atoms with Crippen molar-refractivity contribution in [2.45, 2.75) is 37.1 Å². The van der Waals surface area contributed by atoms with Gasteiger partial charge in [0.25, 0.3) is 0 Å². The first-order chi connectivity index (χ1) is 13.9. The van der Waals surface area contributed by atoms with Gasteiger partial charge in [-0.2, -0.15) is 0 Å². The van der Waals surface area contributed by atoms with Crippen molar-refractivity contribution in [3.05, 3.63) is 59.1 Å². The molecule has 29 heavy (non-hydrogen) atoms. The van der Waals surface area contributed by atoms with E-state index < -0.39 is 10.0 Å². The summed E-state index contributed by atoms with van der Waals surface area (Å²) in [6, 6.07) is 13.8. The molecule has 0 bridgehead atoms. The van der Waals surface area contributed by atoms with E-state index in [0.717, 1.165) is 12.1 Å². The highest BCUT2D eigenvalue weighted by molar-refractivity contribution is 7.89. The van der Waals surface area contributed by atoms with E-state index in [1.54, 1.807) is 12.1 Å². The average molecular weight is 436 g/mol. The van der Waals surface area contributed by atoms with Crippen molar-refractivity contribution in [3.63, 3.8) is 0 Å². The number of rotatable bonds is 7. The van der Waals surface area contributed by atoms with Gasteiger partial charge in [-0.05, 0) is 61.2 Å². The van der Waals surface area contributed by atoms with Crippen LogP contribution in [0.4, 0.5) is 5.69 Å². The third-order valence-electron chi connectivity index (χ3n) is 5.05. The summed E-state index contributed by atoms with van der Waals surface area (Å²) in [7, 11) is -3.57. The van der Waals surface area contributed by atoms with Crippen LogP contribution >= 0.6 is 11.6 Å². The number of hydrogen-bond donors (Lipinski definition) is 2. The van der Waals surface area contributed by atoms with Gasteiger partial charge in [-0.15, -0.1) is 0 Å². The van der Waals surface area contributed by atoms with Gasteiger partial charge < -0.3 is 5.32 Å². The molecule has 1 fully saturated rings. The van der Waals surface area contributed by atoms with Crippen molar-refractivity contribution in [3.8, 4) is 0 Å². The number of nitrogens with zero attached hydrogens (tertiary/aromatic N) is 1. The van der Waals surface area contributed by atoms with Gasteiger partial charge in [0.1, 0.15) is 0 Å². The van der Waals surface area contributed by atoms with Crippen LogP contribution in [0.25, 0.3) is 0 Å². The van der Waals surface area contributed by atoms with Crippen LogP contribution in [0.5, 0.6) is 0 Å². The van der Waals surface area contributed by atoms with Crippen molar-refractivity contribution in [1.82, 2.24) is 9.62 Å². The predicted octanol–water partition coefficient (Wildman–Crippen LogP) is 3.28. The first-order valence-electron chi connectivity index (χ1n) is 9.75. The molecule has 1 aliphatic heterocycles. The van der Waals surface area contributed by atoms with E-state index in [9.17, 15) is 13.2 Å². The number of aryl methyl sites for hydroxylation is 1. The Balaban J connectivity index is 1.46. The van der Waals surface area contributed by atoms with Gasteiger partial charge in [-0.3, -0.25) is 9.69 Å². The normalized spacial score (nSPS) is 15.9. The Morgan fingerprint density at radius 2 is 1.69 bits per heavy atom. The highest BCUT2D eigenvalue weighted by atomic mass is 35.5. The average Bonchev–Trinajstić information content (AvgIpc) is 2.70. The molecule has 1 saturated heterocycles. The zero-order valence-electron chi connectivity index (χ0n) is 16.4. The number of sulfonamides is 1. The Morgan fingerprint density at radius 3 is 2.28 bits per heavy atom. The summed E-state index contributed by atoms with van der Waals surface area (Å²) in [4.78, 5) is 14.5. The largest absolute Gasteiger partial charge is 0.325 e. The van der Waals surface area contributed by atoms with Crippen molar-refractivity contribution < 1.29 is 13.2 Å². The number of piperidine rings is 1. The lowest BCUT2D eigenvalue weighted by molar-refractivity contribution is -0.117. The number of likely N-dealkylation sites (tertiary alicyclic amines) is 1. The molecule has 0 unspecified atom stereocenters. The summed E-state index contributed by atoms with van der Waals surface area (Å²) in [5.74, 6) is -0.0607. The number of nitrogens with one attached hydrogen (secondary N) is 2. The number of amides is 1. The van der Waals surface area contributed by atoms with Crippen LogP contribution in [0.3, 0.4) is 0 Å². The van der Waals surface area contributed by atoms with Gasteiger partial charge in [0.05, 0.1) is 11.4 Å². The standard InChI is InChI=1S/C21H26ClN3O3S/c1-2-16-3-7-18(8-4-16)23-21(26)15-25-13-11-19(12-14-25)24-29(27,28)20-9-5-17(22)6-10-20/h3-10,19,24H,2,11-15H2,1H3,(H,23,26). The van der Waals surface area contributed by atoms with E-state index in [-0.39, 0.29) is 16.8 Å². The zero-order chi connectivity index (χ0) is 20.9. The molecule has 2 N–H and O–H groups in total. The summed E-state index contributed by atoms with van der Waals surface area (Å²) in [6.45, 7) is 3.71. The van der Waals surface area contributed by atoms with Gasteiger partial charge >= 0.3 is 0 Å². The molecule has 1 heterocycles. The molecule has 156 valence electrons. The maximum atomic E-state index is 12.5. The molecule has 1 aliphatic rings. The summed E-state index contributed by atoms with van der Waals surface area (Å²) >= 11 is 5.82. The number of benzene rings is 2. The van der Waals surface area contributed by atoms with E-state index in [0.29, 0.717) is 37.5 Å². The van der Waals surface area contributed by atoms with Gasteiger partial charge in [-0.1, -0.05) is 30.7 Å². The lowest BCUT2D eigenvalue weighted by Crippen LogP contribution is -2.46. The first-order valence-corrected chi connectivity index (χ1v) is 11.6. The van der Waals surface area contributed by atoms with Crippen LogP contribution in [0.1, 0.15) is 25.3 Å². The third-order valence-corrected chi connectivity index (χ3v) is 6.83. The Morgan fingerprint density at radius 1 is 1.07 bits per heavy atom. The van der Waals surface area contributed by atoms with E-state index in [4.69, 9.17) is 11.6 Å². The second kappa shape index (κ2) is 9.71. The van der Waals surface area contributed by atoms with E-state index in [1.807, 2.05) is 29.2 Å². The number of anilines is 1. The van der Waals surface area contributed by atoms with Crippen molar-refractivity contribution >= 4 is 33.2 Å². The van der Waals surface area contributed by atoms with E-state index >= 15 is 0 Å². The van der Waals surface area contributed by atoms with Crippen molar-refractivity contribution in [2.75, 3.05) is 25.0 Å². The molecule has 3 rings (SSSR count). The van der Waals surface area contributed by atoms with Gasteiger partial charge in [0.15, 0.2) is 0 Å². The zero-order valence-corrected chi connectivity index (χ0v) is 18.0. The number of hydrogen-bond acceptors (Lipinski definition) is 4. The molecule has 0 saturated carbocycles. The molecule has 0 radical (unpaired) electrons. The van der Waals surface area contributed by atoms with E-state index in [1.165, 1.54) is 17.7 Å². The molecule has 0 atom stereocenters. The van der Waals surface area contributed by atoms with Gasteiger partial charge in [0.2, 0.25) is 15.9 Å². The minimum Gasteiger partial charge on any atom is -0.325 e. The van der Waals surface area contributed by atoms with Gasteiger partial charge in [0, 0.05) is 29.8 Å². The molecule has 2 aromatic carbocycles. The monoisotopic (exact) mass is 435 g/mol. The maximum Gasteiger partial charge on any atom is 0.240 e. The molecule has 8 heteroatoms.